The second-order valence-electron chi connectivity index (χ2n) is 6.35. The fourth-order valence-corrected chi connectivity index (χ4v) is 3.21. The molecule has 0 aliphatic heterocycles. The van der Waals surface area contributed by atoms with Gasteiger partial charge in [0.2, 0.25) is 6.41 Å². The average molecular weight is 268 g/mol. The van der Waals surface area contributed by atoms with Crippen LogP contribution in [0.2, 0.25) is 0 Å². The molecule has 0 heterocycles. The Bertz CT molecular complexity index is 263. The molecular formula is C15H28N2O2. The number of hydrogen-bond donors (Lipinski definition) is 1. The summed E-state index contributed by atoms with van der Waals surface area (Å²) in [4.78, 5) is 21.6. The van der Waals surface area contributed by atoms with Crippen molar-refractivity contribution in [2.24, 2.45) is 17.0 Å². The van der Waals surface area contributed by atoms with Crippen molar-refractivity contribution in [3.05, 3.63) is 4.91 Å². The van der Waals surface area contributed by atoms with Crippen LogP contribution in [0.5, 0.6) is 0 Å². The Kier molecular flexibility index (Phi) is 7.68. The van der Waals surface area contributed by atoms with E-state index in [1.165, 1.54) is 32.1 Å². The lowest BCUT2D eigenvalue weighted by atomic mass is 9.83. The molecule has 1 N–H and O–H groups in total. The number of nitrogens with zero attached hydrogens (tertiary/aromatic N) is 1. The first-order chi connectivity index (χ1) is 9.15. The molecule has 4 heteroatoms. The van der Waals surface area contributed by atoms with E-state index in [0.29, 0.717) is 18.3 Å². The molecule has 1 rings (SSSR count). The van der Waals surface area contributed by atoms with Gasteiger partial charge >= 0.3 is 0 Å². The third-order valence-electron chi connectivity index (χ3n) is 4.10. The van der Waals surface area contributed by atoms with Crippen LogP contribution >= 0.6 is 0 Å². The maximum Gasteiger partial charge on any atom is 0.207 e. The lowest BCUT2D eigenvalue weighted by Crippen LogP contribution is -2.34. The largest absolute Gasteiger partial charge is 0.356 e. The topological polar surface area (TPSA) is 58.5 Å². The second kappa shape index (κ2) is 9.05. The minimum atomic E-state index is -0.166. The maximum absolute atomic E-state index is 10.9. The van der Waals surface area contributed by atoms with Crippen molar-refractivity contribution in [1.82, 2.24) is 5.32 Å². The van der Waals surface area contributed by atoms with Crippen molar-refractivity contribution < 1.29 is 4.79 Å². The van der Waals surface area contributed by atoms with Crippen molar-refractivity contribution in [2.45, 2.75) is 77.3 Å². The SMILES string of the molecule is CC(C)C[C@@H](C[C@H](CC1CCCCC1)NC=O)N=O. The number of carbonyl (C=O) groups excluding carboxylic acids is 1. The zero-order chi connectivity index (χ0) is 14.1. The van der Waals surface area contributed by atoms with Gasteiger partial charge < -0.3 is 5.32 Å². The Morgan fingerprint density at radius 1 is 1.21 bits per heavy atom. The fourth-order valence-electron chi connectivity index (χ4n) is 3.21. The Morgan fingerprint density at radius 2 is 1.89 bits per heavy atom. The van der Waals surface area contributed by atoms with Gasteiger partial charge in [0.05, 0.1) is 6.04 Å². The quantitative estimate of drug-likeness (QED) is 0.512. The number of rotatable bonds is 9. The van der Waals surface area contributed by atoms with Crippen molar-refractivity contribution >= 4 is 6.41 Å². The summed E-state index contributed by atoms with van der Waals surface area (Å²) in [6.45, 7) is 4.20. The minimum Gasteiger partial charge on any atom is -0.356 e. The average Bonchev–Trinajstić information content (AvgIpc) is 2.38. The van der Waals surface area contributed by atoms with E-state index < -0.39 is 0 Å². The van der Waals surface area contributed by atoms with Crippen LogP contribution in [0, 0.1) is 16.7 Å². The van der Waals surface area contributed by atoms with Gasteiger partial charge in [0.1, 0.15) is 0 Å². The Hall–Kier alpha value is -0.930. The molecule has 1 fully saturated rings. The molecule has 0 unspecified atom stereocenters. The van der Waals surface area contributed by atoms with E-state index in [0.717, 1.165) is 19.3 Å². The third kappa shape index (κ3) is 6.69. The standard InChI is InChI=1S/C15H28N2O2/c1-12(2)8-15(17-19)10-14(16-11-18)9-13-6-4-3-5-7-13/h11-15H,3-10H2,1-2H3,(H,16,18)/t14-,15-/m0/s1. The molecule has 1 aliphatic carbocycles. The summed E-state index contributed by atoms with van der Waals surface area (Å²) in [6, 6.07) is -0.0527. The van der Waals surface area contributed by atoms with Gasteiger partial charge in [-0.05, 0) is 31.1 Å². The van der Waals surface area contributed by atoms with E-state index in [2.05, 4.69) is 24.3 Å². The van der Waals surface area contributed by atoms with Crippen LogP contribution in [0.3, 0.4) is 0 Å². The van der Waals surface area contributed by atoms with Crippen molar-refractivity contribution in [3.8, 4) is 0 Å². The van der Waals surface area contributed by atoms with Gasteiger partial charge in [-0.1, -0.05) is 51.1 Å². The van der Waals surface area contributed by atoms with E-state index in [9.17, 15) is 9.70 Å². The van der Waals surface area contributed by atoms with Gasteiger partial charge in [0.15, 0.2) is 0 Å². The number of hydrogen-bond acceptors (Lipinski definition) is 3. The number of nitrogens with one attached hydrogen (secondary N) is 1. The van der Waals surface area contributed by atoms with Gasteiger partial charge in [-0.3, -0.25) is 4.79 Å². The van der Waals surface area contributed by atoms with E-state index in [-0.39, 0.29) is 12.1 Å². The zero-order valence-corrected chi connectivity index (χ0v) is 12.3. The first-order valence-corrected chi connectivity index (χ1v) is 7.67. The molecule has 0 aromatic rings. The summed E-state index contributed by atoms with van der Waals surface area (Å²) in [5.41, 5.74) is 0. The Morgan fingerprint density at radius 3 is 2.42 bits per heavy atom. The van der Waals surface area contributed by atoms with Crippen molar-refractivity contribution in [2.75, 3.05) is 0 Å². The molecule has 0 aromatic carbocycles. The molecule has 1 amide bonds. The molecule has 0 spiro atoms. The summed E-state index contributed by atoms with van der Waals surface area (Å²) in [6.07, 6.45) is 9.75. The summed E-state index contributed by atoms with van der Waals surface area (Å²) in [5, 5.41) is 6.13. The van der Waals surface area contributed by atoms with E-state index in [1.54, 1.807) is 0 Å². The molecular weight excluding hydrogens is 240 g/mol. The molecule has 0 saturated heterocycles. The summed E-state index contributed by atoms with van der Waals surface area (Å²) in [7, 11) is 0. The highest BCUT2D eigenvalue weighted by molar-refractivity contribution is 5.46. The maximum atomic E-state index is 10.9. The van der Waals surface area contributed by atoms with Crippen LogP contribution in [0.25, 0.3) is 0 Å². The summed E-state index contributed by atoms with van der Waals surface area (Å²) < 4.78 is 0. The molecule has 0 aromatic heterocycles. The predicted octanol–water partition coefficient (Wildman–Crippen LogP) is 3.64. The highest BCUT2D eigenvalue weighted by Gasteiger charge is 2.22. The van der Waals surface area contributed by atoms with Gasteiger partial charge in [0.25, 0.3) is 0 Å². The smallest absolute Gasteiger partial charge is 0.207 e. The van der Waals surface area contributed by atoms with Crippen LogP contribution < -0.4 is 5.32 Å². The van der Waals surface area contributed by atoms with Gasteiger partial charge in [-0.15, -0.1) is 0 Å². The first-order valence-electron chi connectivity index (χ1n) is 7.67. The molecule has 110 valence electrons. The minimum absolute atomic E-state index is 0.113. The van der Waals surface area contributed by atoms with E-state index in [1.807, 2.05) is 0 Å². The highest BCUT2D eigenvalue weighted by atomic mass is 16.3. The van der Waals surface area contributed by atoms with Crippen molar-refractivity contribution in [1.29, 1.82) is 0 Å². The monoisotopic (exact) mass is 268 g/mol. The van der Waals surface area contributed by atoms with Crippen LogP contribution in [0.15, 0.2) is 5.18 Å². The van der Waals surface area contributed by atoms with Crippen LogP contribution in [-0.2, 0) is 4.79 Å². The second-order valence-corrected chi connectivity index (χ2v) is 6.35. The van der Waals surface area contributed by atoms with Gasteiger partial charge in [-0.2, -0.15) is 4.91 Å². The number of carbonyl (C=O) groups is 1. The molecule has 0 bridgehead atoms. The molecule has 19 heavy (non-hydrogen) atoms. The first kappa shape index (κ1) is 16.1. The van der Waals surface area contributed by atoms with Crippen molar-refractivity contribution in [3.63, 3.8) is 0 Å². The summed E-state index contributed by atoms with van der Waals surface area (Å²) in [5.74, 6) is 1.17. The Balaban J connectivity index is 2.44. The molecule has 1 aliphatic rings. The third-order valence-corrected chi connectivity index (χ3v) is 4.10. The molecule has 1 saturated carbocycles. The lowest BCUT2D eigenvalue weighted by molar-refractivity contribution is -0.110. The van der Waals surface area contributed by atoms with E-state index in [4.69, 9.17) is 0 Å². The van der Waals surface area contributed by atoms with Crippen LogP contribution in [0.4, 0.5) is 0 Å². The fraction of sp³-hybridized carbons (Fsp3) is 0.933. The summed E-state index contributed by atoms with van der Waals surface area (Å²) >= 11 is 0. The van der Waals surface area contributed by atoms with Crippen LogP contribution in [0.1, 0.15) is 65.2 Å². The van der Waals surface area contributed by atoms with E-state index >= 15 is 0 Å². The highest BCUT2D eigenvalue weighted by Crippen LogP contribution is 2.28. The zero-order valence-electron chi connectivity index (χ0n) is 12.3. The Labute approximate surface area is 116 Å². The lowest BCUT2D eigenvalue weighted by Gasteiger charge is -2.27. The van der Waals surface area contributed by atoms with Gasteiger partial charge in [-0.25, -0.2) is 0 Å². The normalized spacial score (nSPS) is 19.9. The van der Waals surface area contributed by atoms with Crippen LogP contribution in [-0.4, -0.2) is 18.5 Å². The molecule has 0 radical (unpaired) electrons. The number of amides is 1. The molecule has 2 atom stereocenters. The molecule has 4 nitrogen and oxygen atoms in total. The number of nitroso groups, excluding NO2 is 1. The van der Waals surface area contributed by atoms with Gasteiger partial charge in [0, 0.05) is 6.04 Å². The predicted molar refractivity (Wildman–Crippen MR) is 77.8 cm³/mol.